The Morgan fingerprint density at radius 2 is 2.06 bits per heavy atom. The van der Waals surface area contributed by atoms with Crippen LogP contribution in [0, 0.1) is 0 Å². The summed E-state index contributed by atoms with van der Waals surface area (Å²) in [6.45, 7) is 2.92. The Balaban J connectivity index is 3.05. The van der Waals surface area contributed by atoms with E-state index in [1.807, 2.05) is 0 Å². The van der Waals surface area contributed by atoms with E-state index in [0.717, 1.165) is 0 Å². The van der Waals surface area contributed by atoms with Gasteiger partial charge in [-0.2, -0.15) is 0 Å². The van der Waals surface area contributed by atoms with Gasteiger partial charge in [-0.25, -0.2) is 13.1 Å². The largest absolute Gasteiger partial charge is 0.497 e. The number of ether oxygens (including phenoxy) is 1. The molecular weight excluding hydrogens is 242 g/mol. The minimum absolute atomic E-state index is 0.110. The first-order valence-electron chi connectivity index (χ1n) is 5.10. The quantitative estimate of drug-likeness (QED) is 0.818. The summed E-state index contributed by atoms with van der Waals surface area (Å²) in [6.07, 6.45) is 0. The Bertz CT molecular complexity index is 482. The minimum Gasteiger partial charge on any atom is -0.497 e. The first kappa shape index (κ1) is 14.0. The van der Waals surface area contributed by atoms with E-state index in [1.54, 1.807) is 26.0 Å². The van der Waals surface area contributed by atoms with Gasteiger partial charge < -0.3 is 9.84 Å². The van der Waals surface area contributed by atoms with Crippen LogP contribution in [0.2, 0.25) is 0 Å². The molecule has 0 spiro atoms. The lowest BCUT2D eigenvalue weighted by molar-refractivity contribution is 0.208. The van der Waals surface area contributed by atoms with Gasteiger partial charge in [0.1, 0.15) is 5.75 Å². The van der Waals surface area contributed by atoms with E-state index < -0.39 is 15.6 Å². The van der Waals surface area contributed by atoms with E-state index in [1.165, 1.54) is 19.2 Å². The number of sulfonamides is 1. The second-order valence-corrected chi connectivity index (χ2v) is 6.01. The molecule has 0 bridgehead atoms. The molecule has 0 atom stereocenters. The summed E-state index contributed by atoms with van der Waals surface area (Å²) in [5.41, 5.74) is -0.901. The van der Waals surface area contributed by atoms with Crippen LogP contribution in [-0.2, 0) is 10.0 Å². The molecule has 0 aromatic heterocycles. The van der Waals surface area contributed by atoms with Crippen molar-refractivity contribution in [3.05, 3.63) is 24.3 Å². The SMILES string of the molecule is COc1cccc(S(=O)(=O)NC(C)(C)CO)c1. The van der Waals surface area contributed by atoms with Crippen LogP contribution in [-0.4, -0.2) is 32.8 Å². The first-order valence-corrected chi connectivity index (χ1v) is 6.58. The number of hydrogen-bond acceptors (Lipinski definition) is 4. The van der Waals surface area contributed by atoms with E-state index in [4.69, 9.17) is 9.84 Å². The Morgan fingerprint density at radius 1 is 1.41 bits per heavy atom. The van der Waals surface area contributed by atoms with Gasteiger partial charge in [-0.15, -0.1) is 0 Å². The molecule has 1 rings (SSSR count). The smallest absolute Gasteiger partial charge is 0.241 e. The van der Waals surface area contributed by atoms with Gasteiger partial charge in [0.15, 0.2) is 0 Å². The van der Waals surface area contributed by atoms with Crippen molar-refractivity contribution in [2.45, 2.75) is 24.3 Å². The van der Waals surface area contributed by atoms with Crippen LogP contribution >= 0.6 is 0 Å². The highest BCUT2D eigenvalue weighted by molar-refractivity contribution is 7.89. The van der Waals surface area contributed by atoms with Crippen LogP contribution in [0.3, 0.4) is 0 Å². The number of aliphatic hydroxyl groups is 1. The van der Waals surface area contributed by atoms with Crippen LogP contribution in [0.15, 0.2) is 29.2 Å². The molecule has 0 heterocycles. The molecule has 0 saturated heterocycles. The molecule has 1 aromatic carbocycles. The van der Waals surface area contributed by atoms with Crippen molar-refractivity contribution in [2.75, 3.05) is 13.7 Å². The van der Waals surface area contributed by atoms with Gasteiger partial charge >= 0.3 is 0 Å². The first-order chi connectivity index (χ1) is 7.80. The lowest BCUT2D eigenvalue weighted by Crippen LogP contribution is -2.46. The van der Waals surface area contributed by atoms with Crippen LogP contribution in [0.25, 0.3) is 0 Å². The molecule has 2 N–H and O–H groups in total. The molecule has 5 nitrogen and oxygen atoms in total. The fourth-order valence-electron chi connectivity index (χ4n) is 1.22. The molecular formula is C11H17NO4S. The predicted molar refractivity (Wildman–Crippen MR) is 64.5 cm³/mol. The molecule has 0 saturated carbocycles. The highest BCUT2D eigenvalue weighted by Gasteiger charge is 2.25. The van der Waals surface area contributed by atoms with Crippen molar-refractivity contribution >= 4 is 10.0 Å². The van der Waals surface area contributed by atoms with Crippen molar-refractivity contribution in [1.82, 2.24) is 4.72 Å². The summed E-state index contributed by atoms with van der Waals surface area (Å²) in [6, 6.07) is 6.16. The van der Waals surface area contributed by atoms with Crippen molar-refractivity contribution in [2.24, 2.45) is 0 Å². The van der Waals surface area contributed by atoms with Crippen LogP contribution < -0.4 is 9.46 Å². The van der Waals surface area contributed by atoms with Gasteiger partial charge in [0.05, 0.1) is 24.2 Å². The van der Waals surface area contributed by atoms with Gasteiger partial charge in [-0.05, 0) is 26.0 Å². The molecule has 0 amide bonds. The number of aliphatic hydroxyl groups excluding tert-OH is 1. The van der Waals surface area contributed by atoms with Gasteiger partial charge in [0, 0.05) is 6.07 Å². The van der Waals surface area contributed by atoms with Gasteiger partial charge in [0.2, 0.25) is 10.0 Å². The van der Waals surface area contributed by atoms with Gasteiger partial charge in [-0.3, -0.25) is 0 Å². The molecule has 96 valence electrons. The average molecular weight is 259 g/mol. The number of hydrogen-bond donors (Lipinski definition) is 2. The third-order valence-electron chi connectivity index (χ3n) is 2.16. The summed E-state index contributed by atoms with van der Waals surface area (Å²) in [5.74, 6) is 0.467. The van der Waals surface area contributed by atoms with Crippen molar-refractivity contribution in [3.8, 4) is 5.75 Å². The van der Waals surface area contributed by atoms with Gasteiger partial charge in [-0.1, -0.05) is 6.07 Å². The third kappa shape index (κ3) is 3.69. The summed E-state index contributed by atoms with van der Waals surface area (Å²) in [7, 11) is -2.18. The lowest BCUT2D eigenvalue weighted by Gasteiger charge is -2.23. The lowest BCUT2D eigenvalue weighted by atomic mass is 10.1. The number of benzene rings is 1. The summed E-state index contributed by atoms with van der Waals surface area (Å²) >= 11 is 0. The number of methoxy groups -OCH3 is 1. The molecule has 17 heavy (non-hydrogen) atoms. The maximum atomic E-state index is 12.0. The topological polar surface area (TPSA) is 75.6 Å². The van der Waals surface area contributed by atoms with Crippen LogP contribution in [0.4, 0.5) is 0 Å². The molecule has 1 aromatic rings. The molecule has 0 aliphatic rings. The Labute approximate surface area is 101 Å². The number of nitrogens with one attached hydrogen (secondary N) is 1. The fourth-order valence-corrected chi connectivity index (χ4v) is 2.66. The van der Waals surface area contributed by atoms with E-state index in [-0.39, 0.29) is 11.5 Å². The summed E-state index contributed by atoms with van der Waals surface area (Å²) < 4.78 is 31.4. The second kappa shape index (κ2) is 5.03. The molecule has 0 fully saturated rings. The molecule has 0 aliphatic heterocycles. The molecule has 0 unspecified atom stereocenters. The Kier molecular flexibility index (Phi) is 4.13. The highest BCUT2D eigenvalue weighted by atomic mass is 32.2. The maximum Gasteiger partial charge on any atom is 0.241 e. The summed E-state index contributed by atoms with van der Waals surface area (Å²) in [4.78, 5) is 0.110. The maximum absolute atomic E-state index is 12.0. The second-order valence-electron chi connectivity index (χ2n) is 4.33. The van der Waals surface area contributed by atoms with E-state index in [0.29, 0.717) is 5.75 Å². The third-order valence-corrected chi connectivity index (χ3v) is 3.85. The van der Waals surface area contributed by atoms with E-state index in [9.17, 15) is 8.42 Å². The zero-order valence-corrected chi connectivity index (χ0v) is 10.9. The Morgan fingerprint density at radius 3 is 2.59 bits per heavy atom. The standard InChI is InChI=1S/C11H17NO4S/c1-11(2,8-13)12-17(14,15)10-6-4-5-9(7-10)16-3/h4-7,12-13H,8H2,1-3H3. The van der Waals surface area contributed by atoms with Crippen molar-refractivity contribution in [1.29, 1.82) is 0 Å². The molecule has 6 heteroatoms. The van der Waals surface area contributed by atoms with Crippen molar-refractivity contribution < 1.29 is 18.3 Å². The van der Waals surface area contributed by atoms with Crippen LogP contribution in [0.5, 0.6) is 5.75 Å². The fraction of sp³-hybridized carbons (Fsp3) is 0.455. The van der Waals surface area contributed by atoms with E-state index >= 15 is 0 Å². The summed E-state index contributed by atoms with van der Waals surface area (Å²) in [5, 5.41) is 9.05. The normalized spacial score (nSPS) is 12.5. The zero-order valence-electron chi connectivity index (χ0n) is 10.1. The highest BCUT2D eigenvalue weighted by Crippen LogP contribution is 2.18. The molecule has 0 radical (unpaired) electrons. The van der Waals surface area contributed by atoms with Crippen LogP contribution in [0.1, 0.15) is 13.8 Å². The van der Waals surface area contributed by atoms with E-state index in [2.05, 4.69) is 4.72 Å². The van der Waals surface area contributed by atoms with Crippen molar-refractivity contribution in [3.63, 3.8) is 0 Å². The van der Waals surface area contributed by atoms with Gasteiger partial charge in [0.25, 0.3) is 0 Å². The number of rotatable bonds is 5. The average Bonchev–Trinajstić information content (AvgIpc) is 2.28. The minimum atomic E-state index is -3.65. The molecule has 0 aliphatic carbocycles. The monoisotopic (exact) mass is 259 g/mol. The predicted octanol–water partition coefficient (Wildman–Crippen LogP) is 0.744. The Hall–Kier alpha value is -1.11. The zero-order chi connectivity index (χ0) is 13.1.